The Morgan fingerprint density at radius 3 is 2.74 bits per heavy atom. The van der Waals surface area contributed by atoms with Crippen molar-refractivity contribution in [1.29, 1.82) is 0 Å². The van der Waals surface area contributed by atoms with Gasteiger partial charge in [-0.3, -0.25) is 14.5 Å². The number of amides is 1. The van der Waals surface area contributed by atoms with Crippen molar-refractivity contribution in [2.24, 2.45) is 0 Å². The third-order valence-electron chi connectivity index (χ3n) is 6.74. The second-order valence-corrected chi connectivity index (χ2v) is 9.30. The van der Waals surface area contributed by atoms with Gasteiger partial charge in [-0.15, -0.1) is 0 Å². The van der Waals surface area contributed by atoms with Gasteiger partial charge in [0.1, 0.15) is 11.3 Å². The van der Waals surface area contributed by atoms with Crippen LogP contribution in [-0.2, 0) is 19.5 Å². The van der Waals surface area contributed by atoms with Gasteiger partial charge in [0.15, 0.2) is 11.5 Å². The lowest BCUT2D eigenvalue weighted by atomic mass is 10.0. The van der Waals surface area contributed by atoms with Gasteiger partial charge in [-0.25, -0.2) is 0 Å². The molecule has 9 nitrogen and oxygen atoms in total. The minimum absolute atomic E-state index is 0.184. The van der Waals surface area contributed by atoms with Gasteiger partial charge in [0.2, 0.25) is 6.79 Å². The van der Waals surface area contributed by atoms with Gasteiger partial charge < -0.3 is 28.8 Å². The maximum atomic E-state index is 13.5. The summed E-state index contributed by atoms with van der Waals surface area (Å²) in [6.45, 7) is 3.34. The predicted octanol–water partition coefficient (Wildman–Crippen LogP) is 1.89. The van der Waals surface area contributed by atoms with Crippen LogP contribution in [0.4, 0.5) is 0 Å². The number of ether oxygens (including phenoxy) is 3. The van der Waals surface area contributed by atoms with Crippen molar-refractivity contribution in [3.05, 3.63) is 50.4 Å². The van der Waals surface area contributed by atoms with Crippen LogP contribution in [0, 0.1) is 0 Å². The second-order valence-electron chi connectivity index (χ2n) is 8.89. The predicted molar refractivity (Wildman–Crippen MR) is 125 cm³/mol. The molecule has 0 unspecified atom stereocenters. The van der Waals surface area contributed by atoms with E-state index in [1.165, 1.54) is 13.2 Å². The Hall–Kier alpha value is -2.75. The molecule has 0 saturated carbocycles. The summed E-state index contributed by atoms with van der Waals surface area (Å²) in [5.74, 6) is 1.40. The molecular formula is C24H28ClN3O6. The van der Waals surface area contributed by atoms with E-state index in [0.717, 1.165) is 12.0 Å². The van der Waals surface area contributed by atoms with Gasteiger partial charge in [0.25, 0.3) is 11.5 Å². The van der Waals surface area contributed by atoms with Crippen LogP contribution in [0.2, 0.25) is 5.02 Å². The molecule has 0 aliphatic carbocycles. The normalized spacial score (nSPS) is 20.1. The number of nitrogens with zero attached hydrogens (tertiary/aromatic N) is 3. The van der Waals surface area contributed by atoms with E-state index in [9.17, 15) is 14.7 Å². The minimum Gasteiger partial charge on any atom is -0.496 e. The summed E-state index contributed by atoms with van der Waals surface area (Å²) in [6.07, 6.45) is 1.40. The van der Waals surface area contributed by atoms with Crippen molar-refractivity contribution in [3.63, 3.8) is 0 Å². The average molecular weight is 490 g/mol. The first-order valence-corrected chi connectivity index (χ1v) is 11.9. The second kappa shape index (κ2) is 9.48. The van der Waals surface area contributed by atoms with Gasteiger partial charge >= 0.3 is 0 Å². The Morgan fingerprint density at radius 1 is 1.18 bits per heavy atom. The summed E-state index contributed by atoms with van der Waals surface area (Å²) >= 11 is 6.48. The summed E-state index contributed by atoms with van der Waals surface area (Å²) in [4.78, 5) is 30.3. The number of fused-ring (bicyclic) bond motifs is 2. The number of methoxy groups -OCH3 is 1. The molecule has 0 radical (unpaired) electrons. The quantitative estimate of drug-likeness (QED) is 0.701. The van der Waals surface area contributed by atoms with Crippen LogP contribution in [0.3, 0.4) is 0 Å². The SMILES string of the molecule is COc1cc(=O)n2c(c1C(=O)N1CCC[C@H](O)C1)CCN(Cc1cc3c(cc1Cl)OCO3)CC2. The number of hydrogen-bond acceptors (Lipinski definition) is 7. The number of rotatable bonds is 4. The number of halogens is 1. The number of β-amino-alcohol motifs (C(OH)–C–C–N with tert-alkyl or cyclic N) is 1. The fourth-order valence-corrected chi connectivity index (χ4v) is 5.17. The fraction of sp³-hybridized carbons (Fsp3) is 0.500. The molecule has 1 atom stereocenters. The molecule has 34 heavy (non-hydrogen) atoms. The van der Waals surface area contributed by atoms with Crippen LogP contribution in [0.1, 0.15) is 34.5 Å². The smallest absolute Gasteiger partial charge is 0.259 e. The number of carbonyl (C=O) groups excluding carboxylic acids is 1. The first kappa shape index (κ1) is 23.0. The van der Waals surface area contributed by atoms with Gasteiger partial charge in [-0.05, 0) is 24.5 Å². The van der Waals surface area contributed by atoms with E-state index in [-0.39, 0.29) is 30.6 Å². The monoisotopic (exact) mass is 489 g/mol. The highest BCUT2D eigenvalue weighted by atomic mass is 35.5. The van der Waals surface area contributed by atoms with Crippen molar-refractivity contribution in [3.8, 4) is 17.2 Å². The maximum Gasteiger partial charge on any atom is 0.259 e. The van der Waals surface area contributed by atoms with E-state index in [1.54, 1.807) is 15.5 Å². The largest absolute Gasteiger partial charge is 0.496 e. The number of aliphatic hydroxyl groups excluding tert-OH is 1. The van der Waals surface area contributed by atoms with Crippen molar-refractivity contribution in [1.82, 2.24) is 14.4 Å². The molecule has 182 valence electrons. The van der Waals surface area contributed by atoms with E-state index in [2.05, 4.69) is 4.90 Å². The molecule has 1 amide bonds. The van der Waals surface area contributed by atoms with Crippen molar-refractivity contribution >= 4 is 17.5 Å². The zero-order valence-corrected chi connectivity index (χ0v) is 19.8. The molecule has 0 bridgehead atoms. The minimum atomic E-state index is -0.532. The molecule has 1 saturated heterocycles. The van der Waals surface area contributed by atoms with E-state index in [4.69, 9.17) is 25.8 Å². The van der Waals surface area contributed by atoms with Gasteiger partial charge in [-0.2, -0.15) is 0 Å². The summed E-state index contributed by atoms with van der Waals surface area (Å²) in [5, 5.41) is 10.7. The number of benzene rings is 1. The molecule has 3 aliphatic heterocycles. The highest BCUT2D eigenvalue weighted by molar-refractivity contribution is 6.31. The Morgan fingerprint density at radius 2 is 1.97 bits per heavy atom. The number of pyridine rings is 1. The lowest BCUT2D eigenvalue weighted by Gasteiger charge is -2.31. The Labute approximate surface area is 202 Å². The summed E-state index contributed by atoms with van der Waals surface area (Å²) < 4.78 is 18.0. The van der Waals surface area contributed by atoms with Crippen molar-refractivity contribution < 1.29 is 24.1 Å². The van der Waals surface area contributed by atoms with E-state index in [0.29, 0.717) is 73.3 Å². The molecule has 1 fully saturated rings. The van der Waals surface area contributed by atoms with Crippen LogP contribution in [0.5, 0.6) is 17.2 Å². The van der Waals surface area contributed by atoms with Gasteiger partial charge in [0.05, 0.1) is 13.2 Å². The first-order chi connectivity index (χ1) is 16.4. The summed E-state index contributed by atoms with van der Waals surface area (Å²) in [6, 6.07) is 5.06. The Kier molecular flexibility index (Phi) is 6.42. The number of aromatic nitrogens is 1. The lowest BCUT2D eigenvalue weighted by molar-refractivity contribution is 0.0469. The Balaban J connectivity index is 1.42. The molecular weight excluding hydrogens is 462 g/mol. The van der Waals surface area contributed by atoms with E-state index < -0.39 is 6.10 Å². The van der Waals surface area contributed by atoms with Gasteiger partial charge in [0, 0.05) is 68.5 Å². The Bertz CT molecular complexity index is 1170. The number of aliphatic hydroxyl groups is 1. The molecule has 0 spiro atoms. The van der Waals surface area contributed by atoms with E-state index >= 15 is 0 Å². The lowest BCUT2D eigenvalue weighted by Crippen LogP contribution is -2.43. The van der Waals surface area contributed by atoms with Crippen molar-refractivity contribution in [2.75, 3.05) is 40.1 Å². The summed E-state index contributed by atoms with van der Waals surface area (Å²) in [7, 11) is 1.47. The molecule has 4 heterocycles. The number of likely N-dealkylation sites (tertiary alicyclic amines) is 1. The first-order valence-electron chi connectivity index (χ1n) is 11.5. The number of piperidine rings is 1. The van der Waals surface area contributed by atoms with Crippen LogP contribution in [0.15, 0.2) is 23.0 Å². The maximum absolute atomic E-state index is 13.5. The van der Waals surface area contributed by atoms with Gasteiger partial charge in [-0.1, -0.05) is 11.6 Å². The van der Waals surface area contributed by atoms with Crippen molar-refractivity contribution in [2.45, 2.75) is 38.5 Å². The number of carbonyl (C=O) groups is 1. The fourth-order valence-electron chi connectivity index (χ4n) is 4.96. The highest BCUT2D eigenvalue weighted by Gasteiger charge is 2.30. The molecule has 1 aromatic carbocycles. The van der Waals surface area contributed by atoms with E-state index in [1.807, 2.05) is 6.07 Å². The number of hydrogen-bond donors (Lipinski definition) is 1. The third-order valence-corrected chi connectivity index (χ3v) is 7.09. The molecule has 1 aromatic heterocycles. The molecule has 3 aliphatic rings. The van der Waals surface area contributed by atoms with Crippen LogP contribution in [-0.4, -0.2) is 71.6 Å². The standard InChI is InChI=1S/C24H28ClN3O6/c1-32-21-11-22(30)28-8-7-26(12-15-9-19-20(10-17(15)25)34-14-33-19)6-4-18(28)23(21)24(31)27-5-2-3-16(29)13-27/h9-11,16,29H,2-8,12-14H2,1H3/t16-/m0/s1. The van der Waals surface area contributed by atoms with Crippen LogP contribution >= 0.6 is 11.6 Å². The summed E-state index contributed by atoms with van der Waals surface area (Å²) in [5.41, 5.74) is 1.82. The highest BCUT2D eigenvalue weighted by Crippen LogP contribution is 2.37. The average Bonchev–Trinajstić information content (AvgIpc) is 3.16. The zero-order chi connectivity index (χ0) is 23.8. The molecule has 1 N–H and O–H groups in total. The topological polar surface area (TPSA) is 93.5 Å². The molecule has 2 aromatic rings. The molecule has 10 heteroatoms. The van der Waals surface area contributed by atoms with Crippen LogP contribution < -0.4 is 19.8 Å². The zero-order valence-electron chi connectivity index (χ0n) is 19.1. The van der Waals surface area contributed by atoms with Crippen LogP contribution in [0.25, 0.3) is 0 Å². The third kappa shape index (κ3) is 4.35. The molecule has 5 rings (SSSR count).